The predicted octanol–water partition coefficient (Wildman–Crippen LogP) is 7.88. The maximum Gasteiger partial charge on any atom is 0.0472 e. The lowest BCUT2D eigenvalue weighted by molar-refractivity contribution is 1.56. The van der Waals surface area contributed by atoms with E-state index < -0.39 is 0 Å². The standard InChI is InChI=1S/C25H17NS/c1-2-5-15-8-11-23-18(12-15)19-13-22-20(14-24(19)27-23)25-17-7-4-3-6-16(17)9-10-21(25)26-22/h2-14,26H,1H3/b5-2+. The molecule has 2 heterocycles. The van der Waals surface area contributed by atoms with Gasteiger partial charge in [0.1, 0.15) is 0 Å². The van der Waals surface area contributed by atoms with Gasteiger partial charge in [-0.3, -0.25) is 0 Å². The highest BCUT2D eigenvalue weighted by atomic mass is 32.1. The molecule has 0 atom stereocenters. The number of hydrogen-bond acceptors (Lipinski definition) is 1. The first-order chi connectivity index (χ1) is 13.3. The topological polar surface area (TPSA) is 15.8 Å². The molecule has 128 valence electrons. The SMILES string of the molecule is C/C=C/c1ccc2sc3cc4c(cc3c2c1)[nH]c1ccc2ccccc2c14. The summed E-state index contributed by atoms with van der Waals surface area (Å²) in [5, 5.41) is 7.93. The molecule has 1 N–H and O–H groups in total. The third kappa shape index (κ3) is 2.11. The van der Waals surface area contributed by atoms with Crippen molar-refractivity contribution in [1.29, 1.82) is 0 Å². The van der Waals surface area contributed by atoms with E-state index in [1.807, 2.05) is 11.3 Å². The molecule has 27 heavy (non-hydrogen) atoms. The van der Waals surface area contributed by atoms with E-state index in [-0.39, 0.29) is 0 Å². The highest BCUT2D eigenvalue weighted by molar-refractivity contribution is 7.25. The minimum absolute atomic E-state index is 1.21. The van der Waals surface area contributed by atoms with E-state index >= 15 is 0 Å². The predicted molar refractivity (Wildman–Crippen MR) is 121 cm³/mol. The minimum Gasteiger partial charge on any atom is -0.354 e. The zero-order valence-electron chi connectivity index (χ0n) is 14.9. The first-order valence-corrected chi connectivity index (χ1v) is 10.1. The molecule has 6 aromatic rings. The Bertz CT molecular complexity index is 1530. The largest absolute Gasteiger partial charge is 0.354 e. The number of aromatic nitrogens is 1. The average molecular weight is 363 g/mol. The number of fused-ring (bicyclic) bond motifs is 8. The second kappa shape index (κ2) is 5.45. The van der Waals surface area contributed by atoms with Crippen LogP contribution in [0.2, 0.25) is 0 Å². The number of hydrogen-bond donors (Lipinski definition) is 1. The zero-order valence-corrected chi connectivity index (χ0v) is 15.7. The molecule has 0 spiro atoms. The van der Waals surface area contributed by atoms with Gasteiger partial charge >= 0.3 is 0 Å². The molecule has 2 heteroatoms. The summed E-state index contributed by atoms with van der Waals surface area (Å²) in [6, 6.07) is 24.5. The van der Waals surface area contributed by atoms with E-state index in [1.165, 1.54) is 58.3 Å². The van der Waals surface area contributed by atoms with Gasteiger partial charge in [0.25, 0.3) is 0 Å². The highest BCUT2D eigenvalue weighted by Crippen LogP contribution is 2.40. The van der Waals surface area contributed by atoms with Crippen molar-refractivity contribution in [2.45, 2.75) is 6.92 Å². The second-order valence-corrected chi connectivity index (χ2v) is 8.17. The zero-order chi connectivity index (χ0) is 18.0. The van der Waals surface area contributed by atoms with Gasteiger partial charge < -0.3 is 4.98 Å². The van der Waals surface area contributed by atoms with Gasteiger partial charge in [-0.15, -0.1) is 11.3 Å². The maximum atomic E-state index is 3.65. The molecule has 0 saturated heterocycles. The lowest BCUT2D eigenvalue weighted by Gasteiger charge is -2.00. The summed E-state index contributed by atoms with van der Waals surface area (Å²) in [6.45, 7) is 2.06. The molecule has 0 saturated carbocycles. The van der Waals surface area contributed by atoms with E-state index in [0.29, 0.717) is 0 Å². The Morgan fingerprint density at radius 3 is 2.56 bits per heavy atom. The van der Waals surface area contributed by atoms with Crippen LogP contribution in [0.5, 0.6) is 0 Å². The number of thiophene rings is 1. The summed E-state index contributed by atoms with van der Waals surface area (Å²) >= 11 is 1.88. The van der Waals surface area contributed by atoms with E-state index in [0.717, 1.165) is 0 Å². The maximum absolute atomic E-state index is 3.65. The molecule has 0 unspecified atom stereocenters. The number of rotatable bonds is 1. The quantitative estimate of drug-likeness (QED) is 0.306. The van der Waals surface area contributed by atoms with Crippen molar-refractivity contribution in [1.82, 2.24) is 4.98 Å². The number of aromatic amines is 1. The summed E-state index contributed by atoms with van der Waals surface area (Å²) < 4.78 is 2.70. The minimum atomic E-state index is 1.21. The van der Waals surface area contributed by atoms with Gasteiger partial charge in [-0.2, -0.15) is 0 Å². The first-order valence-electron chi connectivity index (χ1n) is 9.24. The Hall–Kier alpha value is -3.10. The molecule has 0 radical (unpaired) electrons. The first kappa shape index (κ1) is 15.0. The van der Waals surface area contributed by atoms with E-state index in [4.69, 9.17) is 0 Å². The smallest absolute Gasteiger partial charge is 0.0472 e. The monoisotopic (exact) mass is 363 g/mol. The molecule has 0 bridgehead atoms. The van der Waals surface area contributed by atoms with E-state index in [2.05, 4.69) is 90.8 Å². The Labute approximate surface area is 160 Å². The van der Waals surface area contributed by atoms with Gasteiger partial charge in [-0.25, -0.2) is 0 Å². The van der Waals surface area contributed by atoms with Gasteiger partial charge in [0.2, 0.25) is 0 Å². The normalized spacial score (nSPS) is 12.5. The fourth-order valence-electron chi connectivity index (χ4n) is 4.26. The van der Waals surface area contributed by atoms with Gasteiger partial charge in [0.05, 0.1) is 0 Å². The van der Waals surface area contributed by atoms with Crippen molar-refractivity contribution in [3.8, 4) is 0 Å². The van der Waals surface area contributed by atoms with Crippen LogP contribution in [-0.4, -0.2) is 4.98 Å². The highest BCUT2D eigenvalue weighted by Gasteiger charge is 2.12. The van der Waals surface area contributed by atoms with Crippen LogP contribution in [0.1, 0.15) is 12.5 Å². The van der Waals surface area contributed by atoms with Crippen LogP contribution < -0.4 is 0 Å². The molecule has 1 nitrogen and oxygen atoms in total. The molecule has 6 rings (SSSR count). The van der Waals surface area contributed by atoms with Crippen LogP contribution >= 0.6 is 11.3 Å². The Morgan fingerprint density at radius 2 is 1.63 bits per heavy atom. The fourth-order valence-corrected chi connectivity index (χ4v) is 5.37. The summed E-state index contributed by atoms with van der Waals surface area (Å²) in [6.07, 6.45) is 4.26. The third-order valence-electron chi connectivity index (χ3n) is 5.46. The molecule has 0 amide bonds. The lowest BCUT2D eigenvalue weighted by Crippen LogP contribution is -1.74. The molecule has 2 aromatic heterocycles. The van der Waals surface area contributed by atoms with Crippen LogP contribution in [-0.2, 0) is 0 Å². The average Bonchev–Trinajstić information content (AvgIpc) is 3.23. The molecule has 4 aromatic carbocycles. The fraction of sp³-hybridized carbons (Fsp3) is 0.0400. The van der Waals surface area contributed by atoms with Gasteiger partial charge in [-0.1, -0.05) is 48.6 Å². The number of allylic oxidation sites excluding steroid dienone is 1. The Morgan fingerprint density at radius 1 is 0.741 bits per heavy atom. The number of benzene rings is 4. The Kier molecular flexibility index (Phi) is 3.03. The summed E-state index contributed by atoms with van der Waals surface area (Å²) in [5.74, 6) is 0. The van der Waals surface area contributed by atoms with Crippen LogP contribution in [0, 0.1) is 0 Å². The molecular weight excluding hydrogens is 346 g/mol. The van der Waals surface area contributed by atoms with E-state index in [1.54, 1.807) is 0 Å². The number of nitrogens with one attached hydrogen (secondary N) is 1. The molecule has 0 aliphatic heterocycles. The lowest BCUT2D eigenvalue weighted by atomic mass is 10.0. The summed E-state index contributed by atoms with van der Waals surface area (Å²) in [7, 11) is 0. The van der Waals surface area contributed by atoms with Gasteiger partial charge in [0, 0.05) is 42.0 Å². The van der Waals surface area contributed by atoms with Crippen molar-refractivity contribution >= 4 is 70.2 Å². The van der Waals surface area contributed by atoms with Crippen molar-refractivity contribution in [2.24, 2.45) is 0 Å². The van der Waals surface area contributed by atoms with Crippen LogP contribution in [0.15, 0.2) is 72.8 Å². The van der Waals surface area contributed by atoms with Crippen molar-refractivity contribution < 1.29 is 0 Å². The molecular formula is C25H17NS. The Balaban J connectivity index is 1.76. The van der Waals surface area contributed by atoms with Crippen LogP contribution in [0.25, 0.3) is 58.8 Å². The van der Waals surface area contributed by atoms with Crippen LogP contribution in [0.3, 0.4) is 0 Å². The van der Waals surface area contributed by atoms with Gasteiger partial charge in [-0.05, 0) is 53.6 Å². The van der Waals surface area contributed by atoms with Crippen molar-refractivity contribution in [3.63, 3.8) is 0 Å². The summed E-state index contributed by atoms with van der Waals surface area (Å²) in [5.41, 5.74) is 3.68. The molecule has 0 fully saturated rings. The molecule has 0 aliphatic rings. The van der Waals surface area contributed by atoms with Crippen LogP contribution in [0.4, 0.5) is 0 Å². The van der Waals surface area contributed by atoms with Crippen molar-refractivity contribution in [2.75, 3.05) is 0 Å². The third-order valence-corrected chi connectivity index (χ3v) is 6.59. The van der Waals surface area contributed by atoms with E-state index in [9.17, 15) is 0 Å². The second-order valence-electron chi connectivity index (χ2n) is 7.09. The molecule has 0 aliphatic carbocycles. The number of H-pyrrole nitrogens is 1. The summed E-state index contributed by atoms with van der Waals surface area (Å²) in [4.78, 5) is 3.65. The van der Waals surface area contributed by atoms with Gasteiger partial charge in [0.15, 0.2) is 0 Å². The van der Waals surface area contributed by atoms with Crippen molar-refractivity contribution in [3.05, 3.63) is 78.4 Å².